The van der Waals surface area contributed by atoms with E-state index in [1.165, 1.54) is 4.90 Å². The number of nitrogens with zero attached hydrogens (tertiary/aromatic N) is 1. The number of carbonyl (C=O) groups excluding carboxylic acids is 2. The first-order valence-corrected chi connectivity index (χ1v) is 5.02. The van der Waals surface area contributed by atoms with Gasteiger partial charge in [0.2, 0.25) is 5.91 Å². The van der Waals surface area contributed by atoms with Gasteiger partial charge in [-0.3, -0.25) is 9.59 Å². The van der Waals surface area contributed by atoms with Crippen molar-refractivity contribution in [3.05, 3.63) is 0 Å². The Labute approximate surface area is 83.9 Å². The first-order chi connectivity index (χ1) is 6.60. The molecule has 80 valence electrons. The molecule has 0 radical (unpaired) electrons. The van der Waals surface area contributed by atoms with Crippen LogP contribution >= 0.6 is 0 Å². The SMILES string of the molecule is CC[C@H](C)[C@@H](CO)N1CC(=O)CC1=O. The molecule has 4 nitrogen and oxygen atoms in total. The molecular weight excluding hydrogens is 182 g/mol. The van der Waals surface area contributed by atoms with Crippen molar-refractivity contribution in [2.75, 3.05) is 13.2 Å². The summed E-state index contributed by atoms with van der Waals surface area (Å²) in [6.45, 7) is 4.11. The highest BCUT2D eigenvalue weighted by atomic mass is 16.3. The summed E-state index contributed by atoms with van der Waals surface area (Å²) >= 11 is 0. The highest BCUT2D eigenvalue weighted by Gasteiger charge is 2.34. The van der Waals surface area contributed by atoms with Crippen molar-refractivity contribution in [2.24, 2.45) is 5.92 Å². The summed E-state index contributed by atoms with van der Waals surface area (Å²) in [5, 5.41) is 9.19. The number of aliphatic hydroxyl groups is 1. The highest BCUT2D eigenvalue weighted by Crippen LogP contribution is 2.19. The van der Waals surface area contributed by atoms with Crippen molar-refractivity contribution in [1.82, 2.24) is 4.90 Å². The molecular formula is C10H17NO3. The molecule has 1 amide bonds. The molecule has 1 aliphatic heterocycles. The van der Waals surface area contributed by atoms with Gasteiger partial charge in [-0.1, -0.05) is 20.3 Å². The number of rotatable bonds is 4. The van der Waals surface area contributed by atoms with Crippen LogP contribution in [0.2, 0.25) is 0 Å². The molecule has 1 fully saturated rings. The van der Waals surface area contributed by atoms with Crippen LogP contribution in [-0.4, -0.2) is 40.9 Å². The zero-order valence-electron chi connectivity index (χ0n) is 8.69. The van der Waals surface area contributed by atoms with Gasteiger partial charge >= 0.3 is 0 Å². The summed E-state index contributed by atoms with van der Waals surface area (Å²) in [4.78, 5) is 24.0. The summed E-state index contributed by atoms with van der Waals surface area (Å²) in [7, 11) is 0. The van der Waals surface area contributed by atoms with Crippen molar-refractivity contribution in [1.29, 1.82) is 0 Å². The second-order valence-electron chi connectivity index (χ2n) is 3.87. The van der Waals surface area contributed by atoms with E-state index in [1.807, 2.05) is 13.8 Å². The van der Waals surface area contributed by atoms with Crippen molar-refractivity contribution in [3.8, 4) is 0 Å². The maximum Gasteiger partial charge on any atom is 0.230 e. The Morgan fingerprint density at radius 1 is 1.50 bits per heavy atom. The van der Waals surface area contributed by atoms with Gasteiger partial charge in [-0.2, -0.15) is 0 Å². The molecule has 1 N–H and O–H groups in total. The van der Waals surface area contributed by atoms with Gasteiger partial charge in [-0.05, 0) is 5.92 Å². The fraction of sp³-hybridized carbons (Fsp3) is 0.800. The number of aliphatic hydroxyl groups excluding tert-OH is 1. The third-order valence-corrected chi connectivity index (χ3v) is 2.90. The topological polar surface area (TPSA) is 57.6 Å². The number of Topliss-reactive ketones (excluding diaryl/α,β-unsaturated/α-hetero) is 1. The molecule has 0 unspecified atom stereocenters. The zero-order chi connectivity index (χ0) is 10.7. The molecule has 4 heteroatoms. The quantitative estimate of drug-likeness (QED) is 0.658. The van der Waals surface area contributed by atoms with Crippen molar-refractivity contribution >= 4 is 11.7 Å². The lowest BCUT2D eigenvalue weighted by atomic mass is 9.98. The Morgan fingerprint density at radius 2 is 2.14 bits per heavy atom. The summed E-state index contributed by atoms with van der Waals surface area (Å²) in [6, 6.07) is -0.195. The van der Waals surface area contributed by atoms with Gasteiger partial charge in [0.05, 0.1) is 25.6 Å². The number of hydrogen-bond donors (Lipinski definition) is 1. The molecule has 1 aliphatic rings. The first kappa shape index (κ1) is 11.2. The van der Waals surface area contributed by atoms with E-state index in [0.717, 1.165) is 6.42 Å². The van der Waals surface area contributed by atoms with Crippen LogP contribution < -0.4 is 0 Å². The molecule has 2 atom stereocenters. The Morgan fingerprint density at radius 3 is 2.50 bits per heavy atom. The van der Waals surface area contributed by atoms with Crippen LogP contribution in [0.15, 0.2) is 0 Å². The Kier molecular flexibility index (Phi) is 3.63. The monoisotopic (exact) mass is 199 g/mol. The first-order valence-electron chi connectivity index (χ1n) is 5.02. The van der Waals surface area contributed by atoms with Gasteiger partial charge in [-0.25, -0.2) is 0 Å². The lowest BCUT2D eigenvalue weighted by Crippen LogP contribution is -2.43. The average molecular weight is 199 g/mol. The second-order valence-corrected chi connectivity index (χ2v) is 3.87. The van der Waals surface area contributed by atoms with Crippen LogP contribution in [-0.2, 0) is 9.59 Å². The molecule has 0 bridgehead atoms. The smallest absolute Gasteiger partial charge is 0.230 e. The standard InChI is InChI=1S/C10H17NO3/c1-3-7(2)9(6-12)11-5-8(13)4-10(11)14/h7,9,12H,3-6H2,1-2H3/t7-,9+/m0/s1. The molecule has 0 aromatic carbocycles. The Bertz CT molecular complexity index is 240. The number of hydrogen-bond acceptors (Lipinski definition) is 3. The predicted molar refractivity (Wildman–Crippen MR) is 51.7 cm³/mol. The third-order valence-electron chi connectivity index (χ3n) is 2.90. The lowest BCUT2D eigenvalue weighted by molar-refractivity contribution is -0.131. The van der Waals surface area contributed by atoms with Crippen LogP contribution in [0.3, 0.4) is 0 Å². The van der Waals surface area contributed by atoms with Gasteiger partial charge in [-0.15, -0.1) is 0 Å². The fourth-order valence-electron chi connectivity index (χ4n) is 1.76. The van der Waals surface area contributed by atoms with E-state index in [9.17, 15) is 14.7 Å². The molecule has 1 heterocycles. The summed E-state index contributed by atoms with van der Waals surface area (Å²) < 4.78 is 0. The van der Waals surface area contributed by atoms with Gasteiger partial charge in [0.1, 0.15) is 0 Å². The number of carbonyl (C=O) groups is 2. The Balaban J connectivity index is 2.69. The van der Waals surface area contributed by atoms with Gasteiger partial charge in [0, 0.05) is 0 Å². The summed E-state index contributed by atoms with van der Waals surface area (Å²) in [5.41, 5.74) is 0. The molecule has 0 saturated carbocycles. The van der Waals surface area contributed by atoms with Crippen molar-refractivity contribution in [3.63, 3.8) is 0 Å². The molecule has 0 aliphatic carbocycles. The maximum absolute atomic E-state index is 11.4. The molecule has 1 rings (SSSR count). The predicted octanol–water partition coefficient (Wildman–Crippen LogP) is 0.195. The van der Waals surface area contributed by atoms with E-state index in [0.29, 0.717) is 0 Å². The molecule has 0 spiro atoms. The number of likely N-dealkylation sites (tertiary alicyclic amines) is 1. The van der Waals surface area contributed by atoms with Crippen LogP contribution in [0.4, 0.5) is 0 Å². The normalized spacial score (nSPS) is 21.5. The zero-order valence-corrected chi connectivity index (χ0v) is 8.69. The fourth-order valence-corrected chi connectivity index (χ4v) is 1.76. The van der Waals surface area contributed by atoms with Gasteiger partial charge < -0.3 is 10.0 Å². The Hall–Kier alpha value is -0.900. The minimum atomic E-state index is -0.195. The minimum Gasteiger partial charge on any atom is -0.394 e. The van der Waals surface area contributed by atoms with E-state index in [4.69, 9.17) is 0 Å². The molecule has 0 aromatic rings. The molecule has 1 saturated heterocycles. The van der Waals surface area contributed by atoms with Crippen LogP contribution in [0, 0.1) is 5.92 Å². The van der Waals surface area contributed by atoms with Crippen molar-refractivity contribution < 1.29 is 14.7 Å². The number of ketones is 1. The summed E-state index contributed by atoms with van der Waals surface area (Å²) in [6.07, 6.45) is 0.899. The van der Waals surface area contributed by atoms with Gasteiger partial charge in [0.25, 0.3) is 0 Å². The lowest BCUT2D eigenvalue weighted by Gasteiger charge is -2.30. The van der Waals surface area contributed by atoms with Crippen LogP contribution in [0.25, 0.3) is 0 Å². The van der Waals surface area contributed by atoms with Crippen LogP contribution in [0.5, 0.6) is 0 Å². The largest absolute Gasteiger partial charge is 0.394 e. The van der Waals surface area contributed by atoms with E-state index < -0.39 is 0 Å². The van der Waals surface area contributed by atoms with E-state index >= 15 is 0 Å². The second kappa shape index (κ2) is 4.55. The number of amides is 1. The van der Waals surface area contributed by atoms with E-state index in [1.54, 1.807) is 0 Å². The van der Waals surface area contributed by atoms with Crippen molar-refractivity contribution in [2.45, 2.75) is 32.7 Å². The molecule has 14 heavy (non-hydrogen) atoms. The minimum absolute atomic E-state index is 0.00688. The van der Waals surface area contributed by atoms with Crippen LogP contribution in [0.1, 0.15) is 26.7 Å². The van der Waals surface area contributed by atoms with E-state index in [2.05, 4.69) is 0 Å². The maximum atomic E-state index is 11.4. The van der Waals surface area contributed by atoms with Gasteiger partial charge in [0.15, 0.2) is 5.78 Å². The highest BCUT2D eigenvalue weighted by molar-refractivity contribution is 6.05. The average Bonchev–Trinajstić information content (AvgIpc) is 2.47. The third kappa shape index (κ3) is 2.12. The molecule has 0 aromatic heterocycles. The van der Waals surface area contributed by atoms with E-state index in [-0.39, 0.29) is 43.2 Å². The summed E-state index contributed by atoms with van der Waals surface area (Å²) in [5.74, 6) is 0.0425.